The third kappa shape index (κ3) is 1.79. The van der Waals surface area contributed by atoms with Gasteiger partial charge in [0.2, 0.25) is 0 Å². The van der Waals surface area contributed by atoms with Crippen LogP contribution in [0.1, 0.15) is 38.5 Å². The predicted molar refractivity (Wildman–Crippen MR) is 50.4 cm³/mol. The molecule has 2 rings (SSSR count). The van der Waals surface area contributed by atoms with E-state index in [9.17, 15) is 0 Å². The van der Waals surface area contributed by atoms with Gasteiger partial charge in [-0.15, -0.1) is 0 Å². The second-order valence-electron chi connectivity index (χ2n) is 3.94. The first-order valence-electron chi connectivity index (χ1n) is 5.14. The van der Waals surface area contributed by atoms with Crippen molar-refractivity contribution in [3.8, 4) is 0 Å². The maximum absolute atomic E-state index is 4.34. The molecule has 0 aromatic rings. The molecule has 0 aromatic carbocycles. The number of hydrogen-bond donors (Lipinski definition) is 1. The molecule has 2 aliphatic rings. The Morgan fingerprint density at radius 1 is 1.08 bits per heavy atom. The van der Waals surface area contributed by atoms with Gasteiger partial charge >= 0.3 is 0 Å². The summed E-state index contributed by atoms with van der Waals surface area (Å²) in [5.41, 5.74) is 0. The number of rotatable bonds is 1. The Morgan fingerprint density at radius 3 is 2.42 bits per heavy atom. The summed E-state index contributed by atoms with van der Waals surface area (Å²) >= 11 is 0. The molecular weight excluding hydrogens is 148 g/mol. The molecule has 12 heavy (non-hydrogen) atoms. The van der Waals surface area contributed by atoms with E-state index in [4.69, 9.17) is 0 Å². The average molecular weight is 165 g/mol. The first-order valence-corrected chi connectivity index (χ1v) is 5.14. The summed E-state index contributed by atoms with van der Waals surface area (Å²) in [4.78, 5) is 4.34. The van der Waals surface area contributed by atoms with E-state index in [-0.39, 0.29) is 0 Å². The number of nitrogens with zero attached hydrogens (tertiary/aromatic N) is 1. The van der Waals surface area contributed by atoms with E-state index in [1.54, 1.807) is 0 Å². The van der Waals surface area contributed by atoms with Gasteiger partial charge in [0, 0.05) is 6.54 Å². The van der Waals surface area contributed by atoms with Crippen molar-refractivity contribution >= 4 is 6.34 Å². The van der Waals surface area contributed by atoms with Gasteiger partial charge in [0.25, 0.3) is 0 Å². The SMILES string of the molecule is [C]1=NC(C2CCCCCC2)CN1. The van der Waals surface area contributed by atoms with Crippen LogP contribution in [0.4, 0.5) is 0 Å². The number of aliphatic imine (C=N–C) groups is 1. The highest BCUT2D eigenvalue weighted by molar-refractivity contribution is 5.57. The van der Waals surface area contributed by atoms with Crippen LogP contribution in [0.25, 0.3) is 0 Å². The molecule has 0 bridgehead atoms. The largest absolute Gasteiger partial charge is 0.365 e. The zero-order valence-electron chi connectivity index (χ0n) is 7.55. The van der Waals surface area contributed by atoms with Crippen LogP contribution >= 0.6 is 0 Å². The van der Waals surface area contributed by atoms with Crippen molar-refractivity contribution in [1.29, 1.82) is 0 Å². The first kappa shape index (κ1) is 8.09. The fraction of sp³-hybridized carbons (Fsp3) is 0.900. The fourth-order valence-corrected chi connectivity index (χ4v) is 2.29. The second-order valence-corrected chi connectivity index (χ2v) is 3.94. The Kier molecular flexibility index (Phi) is 2.64. The molecular formula is C10H17N2. The monoisotopic (exact) mass is 165 g/mol. The van der Waals surface area contributed by atoms with Crippen LogP contribution in [0.2, 0.25) is 0 Å². The Labute approximate surface area is 74.5 Å². The molecule has 1 heterocycles. The molecule has 0 aromatic heterocycles. The van der Waals surface area contributed by atoms with Gasteiger partial charge in [0.15, 0.2) is 6.34 Å². The van der Waals surface area contributed by atoms with Gasteiger partial charge in [-0.1, -0.05) is 25.7 Å². The molecule has 1 aliphatic carbocycles. The summed E-state index contributed by atoms with van der Waals surface area (Å²) in [5.74, 6) is 0.843. The van der Waals surface area contributed by atoms with Crippen molar-refractivity contribution in [3.63, 3.8) is 0 Å². The Morgan fingerprint density at radius 2 is 1.83 bits per heavy atom. The molecule has 2 heteroatoms. The van der Waals surface area contributed by atoms with Gasteiger partial charge in [0.05, 0.1) is 6.04 Å². The Hall–Kier alpha value is -0.530. The highest BCUT2D eigenvalue weighted by Crippen LogP contribution is 2.27. The van der Waals surface area contributed by atoms with E-state index in [2.05, 4.69) is 16.6 Å². The average Bonchev–Trinajstić information content (AvgIpc) is 2.48. The van der Waals surface area contributed by atoms with Crippen LogP contribution < -0.4 is 5.32 Å². The summed E-state index contributed by atoms with van der Waals surface area (Å²) < 4.78 is 0. The lowest BCUT2D eigenvalue weighted by atomic mass is 9.93. The molecule has 1 atom stereocenters. The van der Waals surface area contributed by atoms with E-state index >= 15 is 0 Å². The third-order valence-electron chi connectivity index (χ3n) is 3.06. The minimum atomic E-state index is 0.545. The molecule has 1 radical (unpaired) electrons. The lowest BCUT2D eigenvalue weighted by Crippen LogP contribution is -2.23. The van der Waals surface area contributed by atoms with Crippen molar-refractivity contribution in [1.82, 2.24) is 5.32 Å². The van der Waals surface area contributed by atoms with E-state index in [1.165, 1.54) is 38.5 Å². The van der Waals surface area contributed by atoms with Crippen LogP contribution in [0, 0.1) is 5.92 Å². The highest BCUT2D eigenvalue weighted by Gasteiger charge is 2.23. The van der Waals surface area contributed by atoms with Crippen molar-refractivity contribution in [2.24, 2.45) is 10.9 Å². The standard InChI is InChI=1S/C10H17N2/c1-2-4-6-9(5-3-1)10-7-11-8-12-10/h9-10H,1-7H2,(H,11,12). The number of hydrogen-bond acceptors (Lipinski definition) is 2. The van der Waals surface area contributed by atoms with Crippen molar-refractivity contribution in [3.05, 3.63) is 0 Å². The molecule has 2 nitrogen and oxygen atoms in total. The van der Waals surface area contributed by atoms with Crippen LogP contribution in [0.3, 0.4) is 0 Å². The van der Waals surface area contributed by atoms with Crippen LogP contribution in [-0.4, -0.2) is 18.9 Å². The molecule has 1 saturated carbocycles. The van der Waals surface area contributed by atoms with E-state index < -0.39 is 0 Å². The van der Waals surface area contributed by atoms with Crippen LogP contribution in [-0.2, 0) is 0 Å². The lowest BCUT2D eigenvalue weighted by molar-refractivity contribution is 0.386. The topological polar surface area (TPSA) is 24.4 Å². The van der Waals surface area contributed by atoms with Crippen molar-refractivity contribution in [2.75, 3.05) is 6.54 Å². The quantitative estimate of drug-likeness (QED) is 0.589. The smallest absolute Gasteiger partial charge is 0.164 e. The summed E-state index contributed by atoms with van der Waals surface area (Å²) in [6, 6.07) is 0.545. The zero-order valence-corrected chi connectivity index (χ0v) is 7.55. The molecule has 0 spiro atoms. The van der Waals surface area contributed by atoms with Gasteiger partial charge in [-0.3, -0.25) is 4.99 Å². The molecule has 0 saturated heterocycles. The molecule has 1 N–H and O–H groups in total. The number of nitrogens with one attached hydrogen (secondary N) is 1. The van der Waals surface area contributed by atoms with Crippen LogP contribution in [0.15, 0.2) is 4.99 Å². The second kappa shape index (κ2) is 3.92. The lowest BCUT2D eigenvalue weighted by Gasteiger charge is -2.18. The van der Waals surface area contributed by atoms with E-state index in [0.717, 1.165) is 12.5 Å². The Balaban J connectivity index is 1.87. The zero-order chi connectivity index (χ0) is 8.23. The molecule has 1 unspecified atom stereocenters. The van der Waals surface area contributed by atoms with Crippen LogP contribution in [0.5, 0.6) is 0 Å². The van der Waals surface area contributed by atoms with Gasteiger partial charge in [-0.2, -0.15) is 0 Å². The summed E-state index contributed by atoms with van der Waals surface area (Å²) in [7, 11) is 0. The summed E-state index contributed by atoms with van der Waals surface area (Å²) in [5, 5.41) is 3.07. The van der Waals surface area contributed by atoms with E-state index in [1.807, 2.05) is 0 Å². The Bertz CT molecular complexity index is 157. The van der Waals surface area contributed by atoms with Gasteiger partial charge in [-0.05, 0) is 18.8 Å². The maximum Gasteiger partial charge on any atom is 0.164 e. The third-order valence-corrected chi connectivity index (χ3v) is 3.06. The molecule has 1 aliphatic heterocycles. The first-order chi connectivity index (χ1) is 5.97. The highest BCUT2D eigenvalue weighted by atomic mass is 15.0. The predicted octanol–water partition coefficient (Wildman–Crippen LogP) is 1.83. The normalized spacial score (nSPS) is 31.5. The maximum atomic E-state index is 4.34. The molecule has 1 fully saturated rings. The van der Waals surface area contributed by atoms with Gasteiger partial charge < -0.3 is 5.32 Å². The summed E-state index contributed by atoms with van der Waals surface area (Å²) in [6.45, 7) is 1.03. The molecule has 67 valence electrons. The fourth-order valence-electron chi connectivity index (χ4n) is 2.29. The van der Waals surface area contributed by atoms with Gasteiger partial charge in [-0.25, -0.2) is 0 Å². The van der Waals surface area contributed by atoms with E-state index in [0.29, 0.717) is 6.04 Å². The van der Waals surface area contributed by atoms with Crippen molar-refractivity contribution in [2.45, 2.75) is 44.6 Å². The van der Waals surface area contributed by atoms with Gasteiger partial charge in [0.1, 0.15) is 0 Å². The summed E-state index contributed by atoms with van der Waals surface area (Å²) in [6.07, 6.45) is 11.3. The minimum Gasteiger partial charge on any atom is -0.365 e. The molecule has 0 amide bonds. The minimum absolute atomic E-state index is 0.545. The van der Waals surface area contributed by atoms with Crippen molar-refractivity contribution < 1.29 is 0 Å².